The Morgan fingerprint density at radius 1 is 0.952 bits per heavy atom. The van der Waals surface area contributed by atoms with Crippen molar-refractivity contribution >= 4 is 5.91 Å². The number of nitrogens with one attached hydrogen (secondary N) is 2. The molecule has 0 saturated carbocycles. The van der Waals surface area contributed by atoms with Gasteiger partial charge in [0.2, 0.25) is 11.7 Å². The highest BCUT2D eigenvalue weighted by Crippen LogP contribution is 2.36. The number of aromatic hydroxyl groups is 3. The van der Waals surface area contributed by atoms with Gasteiger partial charge in [0, 0.05) is 12.1 Å². The molecule has 6 heteroatoms. The third-order valence-corrected chi connectivity index (χ3v) is 2.93. The zero-order chi connectivity index (χ0) is 15.2. The first kappa shape index (κ1) is 14.7. The molecule has 0 aromatic heterocycles. The zero-order valence-electron chi connectivity index (χ0n) is 11.2. The molecule has 0 spiro atoms. The van der Waals surface area contributed by atoms with E-state index in [1.165, 1.54) is 12.1 Å². The lowest BCUT2D eigenvalue weighted by atomic mass is 10.1. The molecule has 0 aliphatic rings. The van der Waals surface area contributed by atoms with Crippen LogP contribution in [0, 0.1) is 0 Å². The molecule has 0 bridgehead atoms. The van der Waals surface area contributed by atoms with E-state index in [9.17, 15) is 20.1 Å². The van der Waals surface area contributed by atoms with Crippen molar-refractivity contribution in [3.63, 3.8) is 0 Å². The number of carbonyl (C=O) groups excluding carboxylic acids is 1. The summed E-state index contributed by atoms with van der Waals surface area (Å²) in [5, 5.41) is 28.2. The van der Waals surface area contributed by atoms with Gasteiger partial charge in [0.25, 0.3) is 0 Å². The van der Waals surface area contributed by atoms with Gasteiger partial charge in [-0.2, -0.15) is 0 Å². The summed E-state index contributed by atoms with van der Waals surface area (Å²) in [7, 11) is 0. The Hall–Kier alpha value is -2.73. The van der Waals surface area contributed by atoms with Crippen molar-refractivity contribution in [3.8, 4) is 17.2 Å². The van der Waals surface area contributed by atoms with Crippen LogP contribution in [0.15, 0.2) is 42.5 Å². The van der Waals surface area contributed by atoms with Gasteiger partial charge < -0.3 is 15.3 Å². The number of benzene rings is 2. The number of hydrogen-bond acceptors (Lipinski definition) is 5. The quantitative estimate of drug-likeness (QED) is 0.420. The van der Waals surface area contributed by atoms with Crippen molar-refractivity contribution in [1.82, 2.24) is 10.9 Å². The molecule has 0 radical (unpaired) electrons. The van der Waals surface area contributed by atoms with Crippen LogP contribution in [0.1, 0.15) is 11.1 Å². The topological polar surface area (TPSA) is 102 Å². The maximum absolute atomic E-state index is 11.7. The van der Waals surface area contributed by atoms with Gasteiger partial charge in [0.1, 0.15) is 0 Å². The molecule has 0 saturated heterocycles. The fourth-order valence-corrected chi connectivity index (χ4v) is 1.82. The number of hydrazine groups is 1. The van der Waals surface area contributed by atoms with Crippen molar-refractivity contribution in [2.75, 3.05) is 0 Å². The standard InChI is InChI=1S/C15H16N2O4/c18-12-7-6-11(14(20)15(12)21)9-16-17-13(19)8-10-4-2-1-3-5-10/h1-7,16,18,20-21H,8-9H2,(H,17,19). The summed E-state index contributed by atoms with van der Waals surface area (Å²) in [5.74, 6) is -1.61. The van der Waals surface area contributed by atoms with E-state index < -0.39 is 17.2 Å². The van der Waals surface area contributed by atoms with Gasteiger partial charge in [-0.15, -0.1) is 0 Å². The lowest BCUT2D eigenvalue weighted by Gasteiger charge is -2.10. The van der Waals surface area contributed by atoms with Crippen LogP contribution in [0.25, 0.3) is 0 Å². The first-order valence-corrected chi connectivity index (χ1v) is 6.36. The summed E-state index contributed by atoms with van der Waals surface area (Å²) >= 11 is 0. The molecule has 0 heterocycles. The van der Waals surface area contributed by atoms with Gasteiger partial charge in [-0.1, -0.05) is 36.4 Å². The Morgan fingerprint density at radius 3 is 2.38 bits per heavy atom. The maximum atomic E-state index is 11.7. The van der Waals surface area contributed by atoms with Crippen LogP contribution in [0.5, 0.6) is 17.2 Å². The van der Waals surface area contributed by atoms with Gasteiger partial charge in [0.05, 0.1) is 6.42 Å². The van der Waals surface area contributed by atoms with Gasteiger partial charge in [-0.3, -0.25) is 10.2 Å². The third-order valence-electron chi connectivity index (χ3n) is 2.93. The normalized spacial score (nSPS) is 10.3. The van der Waals surface area contributed by atoms with Crippen LogP contribution in [-0.4, -0.2) is 21.2 Å². The van der Waals surface area contributed by atoms with E-state index in [2.05, 4.69) is 10.9 Å². The molecule has 110 valence electrons. The van der Waals surface area contributed by atoms with Crippen LogP contribution in [-0.2, 0) is 17.8 Å². The molecule has 0 fully saturated rings. The van der Waals surface area contributed by atoms with Crippen LogP contribution in [0.2, 0.25) is 0 Å². The van der Waals surface area contributed by atoms with Crippen molar-refractivity contribution in [2.45, 2.75) is 13.0 Å². The van der Waals surface area contributed by atoms with Crippen LogP contribution >= 0.6 is 0 Å². The van der Waals surface area contributed by atoms with Crippen molar-refractivity contribution in [1.29, 1.82) is 0 Å². The Kier molecular flexibility index (Phi) is 4.63. The zero-order valence-corrected chi connectivity index (χ0v) is 11.2. The second-order valence-electron chi connectivity index (χ2n) is 4.51. The summed E-state index contributed by atoms with van der Waals surface area (Å²) in [6.07, 6.45) is 0.237. The van der Waals surface area contributed by atoms with Crippen LogP contribution in [0.3, 0.4) is 0 Å². The predicted molar refractivity (Wildman–Crippen MR) is 76.6 cm³/mol. The molecule has 21 heavy (non-hydrogen) atoms. The van der Waals surface area contributed by atoms with E-state index in [0.717, 1.165) is 5.56 Å². The molecule has 6 nitrogen and oxygen atoms in total. The molecule has 2 aromatic rings. The molecule has 2 rings (SSSR count). The van der Waals surface area contributed by atoms with Crippen molar-refractivity contribution < 1.29 is 20.1 Å². The number of rotatable bonds is 5. The molecule has 2 aromatic carbocycles. The van der Waals surface area contributed by atoms with E-state index in [1.807, 2.05) is 30.3 Å². The Bertz CT molecular complexity index is 629. The summed E-state index contributed by atoms with van der Waals surface area (Å²) in [4.78, 5) is 11.7. The number of amides is 1. The second kappa shape index (κ2) is 6.62. The third kappa shape index (κ3) is 3.87. The Balaban J connectivity index is 1.84. The van der Waals surface area contributed by atoms with E-state index in [0.29, 0.717) is 5.56 Å². The largest absolute Gasteiger partial charge is 0.504 e. The van der Waals surface area contributed by atoms with E-state index in [1.54, 1.807) is 0 Å². The molecule has 0 aliphatic heterocycles. The Labute approximate surface area is 121 Å². The molecular formula is C15H16N2O4. The minimum absolute atomic E-state index is 0.111. The number of phenolic OH excluding ortho intramolecular Hbond substituents is 3. The van der Waals surface area contributed by atoms with E-state index in [-0.39, 0.29) is 18.9 Å². The summed E-state index contributed by atoms with van der Waals surface area (Å²) in [5.41, 5.74) is 6.40. The first-order chi connectivity index (χ1) is 10.1. The van der Waals surface area contributed by atoms with Crippen molar-refractivity contribution in [3.05, 3.63) is 53.6 Å². The minimum atomic E-state index is -0.579. The van der Waals surface area contributed by atoms with E-state index >= 15 is 0 Å². The van der Waals surface area contributed by atoms with Gasteiger partial charge >= 0.3 is 0 Å². The van der Waals surface area contributed by atoms with E-state index in [4.69, 9.17) is 0 Å². The lowest BCUT2D eigenvalue weighted by molar-refractivity contribution is -0.121. The SMILES string of the molecule is O=C(Cc1ccccc1)NNCc1ccc(O)c(O)c1O. The second-order valence-corrected chi connectivity index (χ2v) is 4.51. The fourth-order valence-electron chi connectivity index (χ4n) is 1.82. The molecule has 0 aliphatic carbocycles. The number of carbonyl (C=O) groups is 1. The summed E-state index contributed by atoms with van der Waals surface area (Å²) in [6, 6.07) is 12.0. The summed E-state index contributed by atoms with van der Waals surface area (Å²) < 4.78 is 0. The van der Waals surface area contributed by atoms with Gasteiger partial charge in [0.15, 0.2) is 11.5 Å². The lowest BCUT2D eigenvalue weighted by Crippen LogP contribution is -2.37. The highest BCUT2D eigenvalue weighted by Gasteiger charge is 2.11. The molecule has 1 amide bonds. The number of phenols is 3. The molecule has 0 atom stereocenters. The average Bonchev–Trinajstić information content (AvgIpc) is 2.48. The fraction of sp³-hybridized carbons (Fsp3) is 0.133. The summed E-state index contributed by atoms with van der Waals surface area (Å²) in [6.45, 7) is 0.111. The molecule has 5 N–H and O–H groups in total. The predicted octanol–water partition coefficient (Wildman–Crippen LogP) is 1.17. The maximum Gasteiger partial charge on any atom is 0.238 e. The average molecular weight is 288 g/mol. The van der Waals surface area contributed by atoms with Crippen molar-refractivity contribution in [2.24, 2.45) is 0 Å². The molecular weight excluding hydrogens is 272 g/mol. The molecule has 0 unspecified atom stereocenters. The minimum Gasteiger partial charge on any atom is -0.504 e. The number of hydrogen-bond donors (Lipinski definition) is 5. The monoisotopic (exact) mass is 288 g/mol. The Morgan fingerprint density at radius 2 is 1.67 bits per heavy atom. The smallest absolute Gasteiger partial charge is 0.238 e. The van der Waals surface area contributed by atoms with Gasteiger partial charge in [-0.05, 0) is 11.6 Å². The highest BCUT2D eigenvalue weighted by atomic mass is 16.3. The van der Waals surface area contributed by atoms with Crippen LogP contribution < -0.4 is 10.9 Å². The van der Waals surface area contributed by atoms with Gasteiger partial charge in [-0.25, -0.2) is 5.43 Å². The van der Waals surface area contributed by atoms with Crippen LogP contribution in [0.4, 0.5) is 0 Å². The highest BCUT2D eigenvalue weighted by molar-refractivity contribution is 5.78. The first-order valence-electron chi connectivity index (χ1n) is 6.36.